The van der Waals surface area contributed by atoms with Gasteiger partial charge in [-0.3, -0.25) is 0 Å². The molecule has 1 nitrogen and oxygen atoms in total. The number of hydrogen-bond acceptors (Lipinski definition) is 1. The molecule has 2 aromatic rings. The minimum Gasteiger partial charge on any atom is -0.316 e. The van der Waals surface area contributed by atoms with Crippen molar-refractivity contribution in [1.82, 2.24) is 5.32 Å². The quantitative estimate of drug-likeness (QED) is 0.875. The molecule has 0 fully saturated rings. The highest BCUT2D eigenvalue weighted by atomic mass is 35.5. The zero-order valence-corrected chi connectivity index (χ0v) is 11.6. The van der Waals surface area contributed by atoms with Crippen LogP contribution in [0.4, 0.5) is 4.39 Å². The van der Waals surface area contributed by atoms with Gasteiger partial charge in [0.15, 0.2) is 0 Å². The van der Waals surface area contributed by atoms with Gasteiger partial charge in [-0.05, 0) is 49.2 Å². The Morgan fingerprint density at radius 3 is 2.37 bits per heavy atom. The fraction of sp³-hybridized carbons (Fsp3) is 0.250. The number of nitrogens with one attached hydrogen (secondary N) is 1. The van der Waals surface area contributed by atoms with Crippen molar-refractivity contribution in [2.45, 2.75) is 18.9 Å². The molecule has 1 unspecified atom stereocenters. The van der Waals surface area contributed by atoms with E-state index < -0.39 is 0 Å². The Labute approximate surface area is 118 Å². The third kappa shape index (κ3) is 4.05. The summed E-state index contributed by atoms with van der Waals surface area (Å²) in [7, 11) is 1.90. The van der Waals surface area contributed by atoms with Crippen molar-refractivity contribution < 1.29 is 4.39 Å². The number of benzene rings is 2. The van der Waals surface area contributed by atoms with Crippen LogP contribution < -0.4 is 5.32 Å². The van der Waals surface area contributed by atoms with Crippen LogP contribution in [0.15, 0.2) is 48.5 Å². The molecule has 2 rings (SSSR count). The Hall–Kier alpha value is -1.38. The van der Waals surface area contributed by atoms with E-state index in [-0.39, 0.29) is 11.9 Å². The van der Waals surface area contributed by atoms with E-state index in [1.165, 1.54) is 11.6 Å². The van der Waals surface area contributed by atoms with Gasteiger partial charge in [-0.25, -0.2) is 4.39 Å². The molecule has 0 saturated heterocycles. The Morgan fingerprint density at radius 2 is 1.74 bits per heavy atom. The van der Waals surface area contributed by atoms with Gasteiger partial charge in [0.05, 0.1) is 0 Å². The molecule has 1 N–H and O–H groups in total. The van der Waals surface area contributed by atoms with Crippen molar-refractivity contribution in [1.29, 1.82) is 0 Å². The first-order valence-corrected chi connectivity index (χ1v) is 6.72. The summed E-state index contributed by atoms with van der Waals surface area (Å²) in [6, 6.07) is 14.9. The zero-order chi connectivity index (χ0) is 13.7. The first kappa shape index (κ1) is 14.0. The van der Waals surface area contributed by atoms with Gasteiger partial charge in [0, 0.05) is 11.1 Å². The van der Waals surface area contributed by atoms with Crippen molar-refractivity contribution >= 4 is 11.6 Å². The van der Waals surface area contributed by atoms with E-state index in [2.05, 4.69) is 5.32 Å². The summed E-state index contributed by atoms with van der Waals surface area (Å²) in [5, 5.41) is 3.98. The standard InChI is InChI=1S/C16H17ClFN/c1-19-15(10-12-6-8-14(17)9-7-12)11-13-4-2-3-5-16(13)18/h2-9,15,19H,10-11H2,1H3. The highest BCUT2D eigenvalue weighted by molar-refractivity contribution is 6.30. The van der Waals surface area contributed by atoms with E-state index in [4.69, 9.17) is 11.6 Å². The van der Waals surface area contributed by atoms with Crippen LogP contribution in [0.1, 0.15) is 11.1 Å². The predicted molar refractivity (Wildman–Crippen MR) is 78.1 cm³/mol. The van der Waals surface area contributed by atoms with Gasteiger partial charge in [-0.1, -0.05) is 41.9 Å². The van der Waals surface area contributed by atoms with E-state index in [0.29, 0.717) is 6.42 Å². The van der Waals surface area contributed by atoms with Gasteiger partial charge in [0.1, 0.15) is 5.82 Å². The molecule has 0 saturated carbocycles. The second-order valence-corrected chi connectivity index (χ2v) is 5.05. The van der Waals surface area contributed by atoms with Crippen molar-refractivity contribution in [3.05, 3.63) is 70.5 Å². The van der Waals surface area contributed by atoms with E-state index in [1.54, 1.807) is 6.07 Å². The molecule has 0 spiro atoms. The first-order valence-electron chi connectivity index (χ1n) is 6.34. The van der Waals surface area contributed by atoms with E-state index in [0.717, 1.165) is 17.0 Å². The summed E-state index contributed by atoms with van der Waals surface area (Å²) in [5.74, 6) is -0.140. The Bertz CT molecular complexity index is 525. The molecule has 0 aliphatic rings. The summed E-state index contributed by atoms with van der Waals surface area (Å²) >= 11 is 5.87. The molecule has 2 aromatic carbocycles. The largest absolute Gasteiger partial charge is 0.316 e. The molecule has 0 bridgehead atoms. The summed E-state index contributed by atoms with van der Waals surface area (Å²) in [6.45, 7) is 0. The Morgan fingerprint density at radius 1 is 1.05 bits per heavy atom. The SMILES string of the molecule is CNC(Cc1ccc(Cl)cc1)Cc1ccccc1F. The predicted octanol–water partition coefficient (Wildman–Crippen LogP) is 3.85. The van der Waals surface area contributed by atoms with Crippen LogP contribution in [0.3, 0.4) is 0 Å². The van der Waals surface area contributed by atoms with Crippen molar-refractivity contribution in [2.24, 2.45) is 0 Å². The lowest BCUT2D eigenvalue weighted by atomic mass is 9.99. The second-order valence-electron chi connectivity index (χ2n) is 4.61. The highest BCUT2D eigenvalue weighted by Gasteiger charge is 2.11. The fourth-order valence-electron chi connectivity index (χ4n) is 2.11. The molecule has 1 atom stereocenters. The molecule has 0 radical (unpaired) electrons. The van der Waals surface area contributed by atoms with Gasteiger partial charge in [0.25, 0.3) is 0 Å². The molecule has 0 aliphatic heterocycles. The van der Waals surface area contributed by atoms with Gasteiger partial charge in [-0.15, -0.1) is 0 Å². The number of halogens is 2. The van der Waals surface area contributed by atoms with Crippen molar-refractivity contribution in [2.75, 3.05) is 7.05 Å². The third-order valence-electron chi connectivity index (χ3n) is 3.23. The Balaban J connectivity index is 2.05. The van der Waals surface area contributed by atoms with Gasteiger partial charge in [-0.2, -0.15) is 0 Å². The lowest BCUT2D eigenvalue weighted by Gasteiger charge is -2.16. The minimum atomic E-state index is -0.140. The van der Waals surface area contributed by atoms with E-state index in [9.17, 15) is 4.39 Å². The van der Waals surface area contributed by atoms with Gasteiger partial charge in [0.2, 0.25) is 0 Å². The van der Waals surface area contributed by atoms with Crippen LogP contribution in [0.25, 0.3) is 0 Å². The first-order chi connectivity index (χ1) is 9.19. The van der Waals surface area contributed by atoms with Gasteiger partial charge < -0.3 is 5.32 Å². The average molecular weight is 278 g/mol. The summed E-state index contributed by atoms with van der Waals surface area (Å²) in [6.07, 6.45) is 1.52. The average Bonchev–Trinajstić information content (AvgIpc) is 2.43. The minimum absolute atomic E-state index is 0.140. The molecule has 0 amide bonds. The van der Waals surface area contributed by atoms with Crippen LogP contribution in [-0.2, 0) is 12.8 Å². The topological polar surface area (TPSA) is 12.0 Å². The molecular formula is C16H17ClFN. The molecular weight excluding hydrogens is 261 g/mol. The maximum Gasteiger partial charge on any atom is 0.126 e. The zero-order valence-electron chi connectivity index (χ0n) is 10.9. The van der Waals surface area contributed by atoms with Crippen LogP contribution in [0, 0.1) is 5.82 Å². The summed E-state index contributed by atoms with van der Waals surface area (Å²) in [5.41, 5.74) is 1.94. The van der Waals surface area contributed by atoms with Crippen LogP contribution in [0.2, 0.25) is 5.02 Å². The third-order valence-corrected chi connectivity index (χ3v) is 3.48. The monoisotopic (exact) mass is 277 g/mol. The Kier molecular flexibility index (Phi) is 4.94. The molecule has 0 aliphatic carbocycles. The molecule has 3 heteroatoms. The maximum absolute atomic E-state index is 13.6. The smallest absolute Gasteiger partial charge is 0.126 e. The number of rotatable bonds is 5. The summed E-state index contributed by atoms with van der Waals surface area (Å²) in [4.78, 5) is 0. The molecule has 0 heterocycles. The number of likely N-dealkylation sites (N-methyl/N-ethyl adjacent to an activating group) is 1. The highest BCUT2D eigenvalue weighted by Crippen LogP contribution is 2.14. The van der Waals surface area contributed by atoms with Crippen LogP contribution >= 0.6 is 11.6 Å². The lowest BCUT2D eigenvalue weighted by molar-refractivity contribution is 0.532. The lowest BCUT2D eigenvalue weighted by Crippen LogP contribution is -2.30. The number of hydrogen-bond donors (Lipinski definition) is 1. The van der Waals surface area contributed by atoms with E-state index >= 15 is 0 Å². The van der Waals surface area contributed by atoms with Gasteiger partial charge >= 0.3 is 0 Å². The fourth-order valence-corrected chi connectivity index (χ4v) is 2.24. The van der Waals surface area contributed by atoms with E-state index in [1.807, 2.05) is 43.4 Å². The maximum atomic E-state index is 13.6. The van der Waals surface area contributed by atoms with Crippen LogP contribution in [-0.4, -0.2) is 13.1 Å². The van der Waals surface area contributed by atoms with Crippen molar-refractivity contribution in [3.8, 4) is 0 Å². The van der Waals surface area contributed by atoms with Crippen LogP contribution in [0.5, 0.6) is 0 Å². The molecule has 100 valence electrons. The second kappa shape index (κ2) is 6.69. The summed E-state index contributed by atoms with van der Waals surface area (Å²) < 4.78 is 13.6. The normalized spacial score (nSPS) is 12.4. The molecule has 19 heavy (non-hydrogen) atoms. The van der Waals surface area contributed by atoms with Crippen molar-refractivity contribution in [3.63, 3.8) is 0 Å². The molecule has 0 aromatic heterocycles.